The first-order valence-corrected chi connectivity index (χ1v) is 8.68. The fourth-order valence-corrected chi connectivity index (χ4v) is 3.01. The van der Waals surface area contributed by atoms with Crippen molar-refractivity contribution in [3.63, 3.8) is 0 Å². The molecular formula is C19H21N5O2. The van der Waals surface area contributed by atoms with Crippen LogP contribution in [0.25, 0.3) is 11.0 Å². The Bertz CT molecular complexity index is 1030. The number of nitrogens with one attached hydrogen (secondary N) is 2. The van der Waals surface area contributed by atoms with Gasteiger partial charge in [0.15, 0.2) is 0 Å². The third-order valence-corrected chi connectivity index (χ3v) is 4.80. The summed E-state index contributed by atoms with van der Waals surface area (Å²) in [6.07, 6.45) is 3.66. The molecule has 0 bridgehead atoms. The van der Waals surface area contributed by atoms with Gasteiger partial charge in [-0.1, -0.05) is 6.07 Å². The normalized spacial score (nSPS) is 13.8. The highest BCUT2D eigenvalue weighted by molar-refractivity contribution is 5.93. The molecule has 1 aliphatic rings. The molecule has 2 aromatic heterocycles. The first-order chi connectivity index (χ1) is 12.5. The van der Waals surface area contributed by atoms with Crippen LogP contribution in [0.4, 0.5) is 11.5 Å². The van der Waals surface area contributed by atoms with E-state index in [-0.39, 0.29) is 17.5 Å². The van der Waals surface area contributed by atoms with E-state index in [0.717, 1.165) is 35.1 Å². The van der Waals surface area contributed by atoms with Crippen LogP contribution < -0.4 is 16.3 Å². The number of aryl methyl sites for hydroxylation is 2. The standard InChI is InChI=1S/C19H21N5O2/c1-23-15-7-3-12(9-16(15)24(2)19(23)26)10-20-14-6-8-17(21-11-14)22-18(25)13-4-5-13/h3,6-9,11,13,20H,4-5,10H2,1-2H3,(H,21,22,25). The van der Waals surface area contributed by atoms with Crippen molar-refractivity contribution >= 4 is 28.4 Å². The molecule has 3 aromatic rings. The number of aromatic nitrogens is 3. The van der Waals surface area contributed by atoms with Crippen LogP contribution in [0.5, 0.6) is 0 Å². The average Bonchev–Trinajstić information content (AvgIpc) is 3.48. The third-order valence-electron chi connectivity index (χ3n) is 4.80. The molecule has 134 valence electrons. The van der Waals surface area contributed by atoms with Crippen LogP contribution in [0.2, 0.25) is 0 Å². The number of carbonyl (C=O) groups is 1. The smallest absolute Gasteiger partial charge is 0.328 e. The second kappa shape index (κ2) is 6.33. The zero-order valence-electron chi connectivity index (χ0n) is 14.8. The number of hydrogen-bond donors (Lipinski definition) is 2. The number of amides is 1. The lowest BCUT2D eigenvalue weighted by atomic mass is 10.2. The van der Waals surface area contributed by atoms with Crippen LogP contribution in [0.15, 0.2) is 41.3 Å². The Morgan fingerprint density at radius 1 is 1.15 bits per heavy atom. The van der Waals surface area contributed by atoms with Crippen molar-refractivity contribution in [2.45, 2.75) is 19.4 Å². The molecule has 1 saturated carbocycles. The number of rotatable bonds is 5. The molecule has 0 saturated heterocycles. The van der Waals surface area contributed by atoms with E-state index in [9.17, 15) is 9.59 Å². The fourth-order valence-electron chi connectivity index (χ4n) is 3.01. The molecule has 2 N–H and O–H groups in total. The number of hydrogen-bond acceptors (Lipinski definition) is 4. The molecule has 0 aliphatic heterocycles. The molecule has 7 heteroatoms. The molecule has 0 radical (unpaired) electrons. The fraction of sp³-hybridized carbons (Fsp3) is 0.316. The quantitative estimate of drug-likeness (QED) is 0.739. The van der Waals surface area contributed by atoms with Crippen molar-refractivity contribution in [1.82, 2.24) is 14.1 Å². The molecule has 7 nitrogen and oxygen atoms in total. The molecule has 1 aliphatic carbocycles. The van der Waals surface area contributed by atoms with Crippen LogP contribution in [0.3, 0.4) is 0 Å². The Hall–Kier alpha value is -3.09. The predicted molar refractivity (Wildman–Crippen MR) is 101 cm³/mol. The van der Waals surface area contributed by atoms with Gasteiger partial charge in [0.05, 0.1) is 22.9 Å². The minimum atomic E-state index is -0.0295. The first-order valence-electron chi connectivity index (χ1n) is 8.68. The van der Waals surface area contributed by atoms with Crippen molar-refractivity contribution in [1.29, 1.82) is 0 Å². The van der Waals surface area contributed by atoms with Gasteiger partial charge in [0.1, 0.15) is 5.82 Å². The van der Waals surface area contributed by atoms with E-state index in [4.69, 9.17) is 0 Å². The van der Waals surface area contributed by atoms with E-state index in [1.54, 1.807) is 35.5 Å². The van der Waals surface area contributed by atoms with Crippen LogP contribution in [0.1, 0.15) is 18.4 Å². The van der Waals surface area contributed by atoms with Crippen LogP contribution >= 0.6 is 0 Å². The zero-order chi connectivity index (χ0) is 18.3. The van der Waals surface area contributed by atoms with Crippen LogP contribution in [0, 0.1) is 5.92 Å². The van der Waals surface area contributed by atoms with Gasteiger partial charge in [0, 0.05) is 26.6 Å². The molecule has 2 heterocycles. The van der Waals surface area contributed by atoms with Crippen molar-refractivity contribution in [3.8, 4) is 0 Å². The van der Waals surface area contributed by atoms with Gasteiger partial charge in [-0.05, 0) is 42.7 Å². The maximum absolute atomic E-state index is 12.0. The molecule has 0 atom stereocenters. The van der Waals surface area contributed by atoms with E-state index in [2.05, 4.69) is 15.6 Å². The molecule has 0 unspecified atom stereocenters. The number of carbonyl (C=O) groups excluding carboxylic acids is 1. The van der Waals surface area contributed by atoms with Gasteiger partial charge in [0.25, 0.3) is 0 Å². The predicted octanol–water partition coefficient (Wildman–Crippen LogP) is 2.23. The van der Waals surface area contributed by atoms with Gasteiger partial charge in [-0.2, -0.15) is 0 Å². The van der Waals surface area contributed by atoms with Gasteiger partial charge in [0.2, 0.25) is 5.91 Å². The monoisotopic (exact) mass is 351 g/mol. The maximum atomic E-state index is 12.0. The summed E-state index contributed by atoms with van der Waals surface area (Å²) in [6, 6.07) is 9.68. The first kappa shape index (κ1) is 16.4. The lowest BCUT2D eigenvalue weighted by Gasteiger charge is -2.08. The molecule has 1 amide bonds. The summed E-state index contributed by atoms with van der Waals surface area (Å²) in [5, 5.41) is 6.14. The number of nitrogens with zero attached hydrogens (tertiary/aromatic N) is 3. The third kappa shape index (κ3) is 3.08. The molecule has 26 heavy (non-hydrogen) atoms. The van der Waals surface area contributed by atoms with Crippen molar-refractivity contribution in [3.05, 3.63) is 52.6 Å². The van der Waals surface area contributed by atoms with Crippen molar-refractivity contribution in [2.75, 3.05) is 10.6 Å². The second-order valence-electron chi connectivity index (χ2n) is 6.77. The summed E-state index contributed by atoms with van der Waals surface area (Å²) in [5.41, 5.74) is 3.74. The van der Waals surface area contributed by atoms with Crippen molar-refractivity contribution < 1.29 is 4.79 Å². The van der Waals surface area contributed by atoms with Gasteiger partial charge in [-0.15, -0.1) is 0 Å². The number of anilines is 2. The lowest BCUT2D eigenvalue weighted by molar-refractivity contribution is -0.117. The minimum absolute atomic E-state index is 0.0295. The summed E-state index contributed by atoms with van der Waals surface area (Å²) in [4.78, 5) is 28.0. The zero-order valence-corrected chi connectivity index (χ0v) is 14.8. The summed E-state index contributed by atoms with van der Waals surface area (Å²) in [6.45, 7) is 0.620. The molecule has 1 aromatic carbocycles. The summed E-state index contributed by atoms with van der Waals surface area (Å²) >= 11 is 0. The van der Waals surface area contributed by atoms with Gasteiger partial charge < -0.3 is 10.6 Å². The summed E-state index contributed by atoms with van der Waals surface area (Å²) in [7, 11) is 3.55. The minimum Gasteiger partial charge on any atom is -0.380 e. The molecule has 4 rings (SSSR count). The Morgan fingerprint density at radius 3 is 2.62 bits per heavy atom. The van der Waals surface area contributed by atoms with Gasteiger partial charge >= 0.3 is 5.69 Å². The highest BCUT2D eigenvalue weighted by Gasteiger charge is 2.29. The highest BCUT2D eigenvalue weighted by atomic mass is 16.2. The number of pyridine rings is 1. The summed E-state index contributed by atoms with van der Waals surface area (Å²) in [5.74, 6) is 0.798. The Labute approximate surface area is 150 Å². The SMILES string of the molecule is Cn1c(=O)n(C)c2cc(CNc3ccc(NC(=O)C4CC4)nc3)ccc21. The van der Waals surface area contributed by atoms with E-state index >= 15 is 0 Å². The largest absolute Gasteiger partial charge is 0.380 e. The summed E-state index contributed by atoms with van der Waals surface area (Å²) < 4.78 is 3.29. The van der Waals surface area contributed by atoms with Gasteiger partial charge in [-0.25, -0.2) is 9.78 Å². The van der Waals surface area contributed by atoms with E-state index in [0.29, 0.717) is 12.4 Å². The van der Waals surface area contributed by atoms with E-state index < -0.39 is 0 Å². The Morgan fingerprint density at radius 2 is 1.92 bits per heavy atom. The van der Waals surface area contributed by atoms with E-state index in [1.165, 1.54) is 0 Å². The van der Waals surface area contributed by atoms with Crippen LogP contribution in [-0.4, -0.2) is 20.0 Å². The van der Waals surface area contributed by atoms with E-state index in [1.807, 2.05) is 24.3 Å². The highest BCUT2D eigenvalue weighted by Crippen LogP contribution is 2.30. The average molecular weight is 351 g/mol. The lowest BCUT2D eigenvalue weighted by Crippen LogP contribution is -2.19. The molecule has 0 spiro atoms. The number of fused-ring (bicyclic) bond motifs is 1. The number of benzene rings is 1. The molecule has 1 fully saturated rings. The van der Waals surface area contributed by atoms with Gasteiger partial charge in [-0.3, -0.25) is 13.9 Å². The van der Waals surface area contributed by atoms with Crippen molar-refractivity contribution in [2.24, 2.45) is 20.0 Å². The molecular weight excluding hydrogens is 330 g/mol. The Kier molecular flexibility index (Phi) is 3.99. The topological polar surface area (TPSA) is 81.0 Å². The van der Waals surface area contributed by atoms with Crippen LogP contribution in [-0.2, 0) is 25.4 Å². The Balaban J connectivity index is 1.43. The second-order valence-corrected chi connectivity index (χ2v) is 6.77. The maximum Gasteiger partial charge on any atom is 0.328 e. The number of imidazole rings is 1.